The normalized spacial score (nSPS) is 11.7. The fourth-order valence-corrected chi connectivity index (χ4v) is 2.53. The van der Waals surface area contributed by atoms with E-state index in [4.69, 9.17) is 4.42 Å². The first-order valence-corrected chi connectivity index (χ1v) is 6.94. The molecular formula is C12H11F2NO3S. The molecular weight excluding hydrogens is 276 g/mol. The topological polar surface area (TPSA) is 59.3 Å². The van der Waals surface area contributed by atoms with Crippen LogP contribution < -0.4 is 4.72 Å². The molecule has 0 fully saturated rings. The highest BCUT2D eigenvalue weighted by atomic mass is 32.2. The van der Waals surface area contributed by atoms with Gasteiger partial charge in [0, 0.05) is 13.0 Å². The van der Waals surface area contributed by atoms with Crippen LogP contribution in [-0.4, -0.2) is 15.0 Å². The molecule has 0 bridgehead atoms. The van der Waals surface area contributed by atoms with Gasteiger partial charge in [-0.15, -0.1) is 0 Å². The molecule has 0 saturated carbocycles. The Labute approximate surface area is 109 Å². The van der Waals surface area contributed by atoms with Gasteiger partial charge in [0.1, 0.15) is 5.76 Å². The second-order valence-corrected chi connectivity index (χ2v) is 5.57. The van der Waals surface area contributed by atoms with Crippen LogP contribution in [0.4, 0.5) is 8.78 Å². The lowest BCUT2D eigenvalue weighted by atomic mass is 10.3. The van der Waals surface area contributed by atoms with E-state index in [0.29, 0.717) is 18.2 Å². The smallest absolute Gasteiger partial charge is 0.240 e. The van der Waals surface area contributed by atoms with Crippen molar-refractivity contribution < 1.29 is 21.6 Å². The van der Waals surface area contributed by atoms with Crippen LogP contribution in [0, 0.1) is 11.6 Å². The number of sulfonamides is 1. The molecule has 102 valence electrons. The highest BCUT2D eigenvalue weighted by Crippen LogP contribution is 2.13. The molecule has 2 rings (SSSR count). The zero-order chi connectivity index (χ0) is 13.9. The zero-order valence-electron chi connectivity index (χ0n) is 9.77. The van der Waals surface area contributed by atoms with E-state index in [9.17, 15) is 17.2 Å². The van der Waals surface area contributed by atoms with Gasteiger partial charge in [-0.2, -0.15) is 0 Å². The van der Waals surface area contributed by atoms with E-state index >= 15 is 0 Å². The van der Waals surface area contributed by atoms with Crippen LogP contribution in [0.15, 0.2) is 45.9 Å². The lowest BCUT2D eigenvalue weighted by molar-refractivity contribution is 0.502. The second-order valence-electron chi connectivity index (χ2n) is 3.80. The van der Waals surface area contributed by atoms with E-state index in [2.05, 4.69) is 4.72 Å². The number of nitrogens with one attached hydrogen (secondary N) is 1. The van der Waals surface area contributed by atoms with Crippen molar-refractivity contribution in [3.63, 3.8) is 0 Å². The van der Waals surface area contributed by atoms with Crippen LogP contribution >= 0.6 is 0 Å². The molecule has 0 amide bonds. The van der Waals surface area contributed by atoms with Crippen LogP contribution in [0.5, 0.6) is 0 Å². The van der Waals surface area contributed by atoms with Gasteiger partial charge in [-0.25, -0.2) is 21.9 Å². The third-order valence-corrected chi connectivity index (χ3v) is 3.90. The zero-order valence-corrected chi connectivity index (χ0v) is 10.6. The Bertz CT molecular complexity index is 654. The van der Waals surface area contributed by atoms with Crippen LogP contribution in [0.3, 0.4) is 0 Å². The predicted molar refractivity (Wildman–Crippen MR) is 64.0 cm³/mol. The summed E-state index contributed by atoms with van der Waals surface area (Å²) in [5, 5.41) is 0. The van der Waals surface area contributed by atoms with Crippen molar-refractivity contribution >= 4 is 10.0 Å². The average Bonchev–Trinajstić information content (AvgIpc) is 2.85. The first-order chi connectivity index (χ1) is 8.99. The van der Waals surface area contributed by atoms with Gasteiger partial charge in [-0.1, -0.05) is 0 Å². The molecule has 1 heterocycles. The maximum atomic E-state index is 13.0. The summed E-state index contributed by atoms with van der Waals surface area (Å²) in [6.45, 7) is 0.106. The first-order valence-electron chi connectivity index (χ1n) is 5.46. The SMILES string of the molecule is O=S(=O)(NCCc1ccco1)c1ccc(F)c(F)c1. The third-order valence-electron chi connectivity index (χ3n) is 2.44. The summed E-state index contributed by atoms with van der Waals surface area (Å²) in [7, 11) is -3.85. The maximum absolute atomic E-state index is 13.0. The number of hydrogen-bond donors (Lipinski definition) is 1. The Kier molecular flexibility index (Phi) is 3.96. The van der Waals surface area contributed by atoms with Gasteiger partial charge < -0.3 is 4.42 Å². The van der Waals surface area contributed by atoms with E-state index in [0.717, 1.165) is 12.1 Å². The van der Waals surface area contributed by atoms with E-state index < -0.39 is 21.7 Å². The summed E-state index contributed by atoms with van der Waals surface area (Å²) in [5.41, 5.74) is 0. The van der Waals surface area contributed by atoms with E-state index in [1.165, 1.54) is 6.26 Å². The van der Waals surface area contributed by atoms with E-state index in [1.807, 2.05) is 0 Å². The van der Waals surface area contributed by atoms with Crippen molar-refractivity contribution in [2.75, 3.05) is 6.54 Å². The lowest BCUT2D eigenvalue weighted by Crippen LogP contribution is -2.26. The highest BCUT2D eigenvalue weighted by molar-refractivity contribution is 7.89. The van der Waals surface area contributed by atoms with Crippen molar-refractivity contribution in [3.05, 3.63) is 54.0 Å². The molecule has 2 aromatic rings. The molecule has 0 aliphatic rings. The fraction of sp³-hybridized carbons (Fsp3) is 0.167. The van der Waals surface area contributed by atoms with E-state index in [-0.39, 0.29) is 11.4 Å². The second kappa shape index (κ2) is 5.50. The van der Waals surface area contributed by atoms with Crippen molar-refractivity contribution in [2.24, 2.45) is 0 Å². The van der Waals surface area contributed by atoms with Crippen molar-refractivity contribution in [1.82, 2.24) is 4.72 Å². The van der Waals surface area contributed by atoms with Gasteiger partial charge in [-0.05, 0) is 30.3 Å². The monoisotopic (exact) mass is 287 g/mol. The van der Waals surface area contributed by atoms with Crippen LogP contribution in [-0.2, 0) is 16.4 Å². The minimum atomic E-state index is -3.85. The first kappa shape index (κ1) is 13.7. The van der Waals surface area contributed by atoms with Crippen molar-refractivity contribution in [2.45, 2.75) is 11.3 Å². The average molecular weight is 287 g/mol. The summed E-state index contributed by atoms with van der Waals surface area (Å²) < 4.78 is 56.6. The van der Waals surface area contributed by atoms with Gasteiger partial charge in [0.2, 0.25) is 10.0 Å². The molecule has 7 heteroatoms. The Balaban J connectivity index is 2.03. The Morgan fingerprint density at radius 3 is 2.58 bits per heavy atom. The van der Waals surface area contributed by atoms with Gasteiger partial charge in [0.25, 0.3) is 0 Å². The number of hydrogen-bond acceptors (Lipinski definition) is 3. The van der Waals surface area contributed by atoms with E-state index in [1.54, 1.807) is 12.1 Å². The minimum Gasteiger partial charge on any atom is -0.469 e. The number of benzene rings is 1. The van der Waals surface area contributed by atoms with Crippen LogP contribution in [0.25, 0.3) is 0 Å². The van der Waals surface area contributed by atoms with Gasteiger partial charge in [-0.3, -0.25) is 0 Å². The van der Waals surface area contributed by atoms with Gasteiger partial charge >= 0.3 is 0 Å². The number of furan rings is 1. The standard InChI is InChI=1S/C12H11F2NO3S/c13-11-4-3-10(8-12(11)14)19(16,17)15-6-5-9-2-1-7-18-9/h1-4,7-8,15H,5-6H2. The molecule has 1 aromatic carbocycles. The number of rotatable bonds is 5. The third kappa shape index (κ3) is 3.39. The summed E-state index contributed by atoms with van der Waals surface area (Å²) in [6.07, 6.45) is 1.86. The molecule has 1 N–H and O–H groups in total. The fourth-order valence-electron chi connectivity index (χ4n) is 1.49. The molecule has 0 saturated heterocycles. The van der Waals surface area contributed by atoms with Crippen LogP contribution in [0.1, 0.15) is 5.76 Å². The molecule has 1 aromatic heterocycles. The molecule has 0 radical (unpaired) electrons. The highest BCUT2D eigenvalue weighted by Gasteiger charge is 2.16. The largest absolute Gasteiger partial charge is 0.469 e. The summed E-state index contributed by atoms with van der Waals surface area (Å²) in [4.78, 5) is -0.314. The molecule has 0 aliphatic heterocycles. The molecule has 4 nitrogen and oxygen atoms in total. The summed E-state index contributed by atoms with van der Waals surface area (Å²) in [5.74, 6) is -1.66. The van der Waals surface area contributed by atoms with Gasteiger partial charge in [0.05, 0.1) is 11.2 Å². The Morgan fingerprint density at radius 2 is 1.95 bits per heavy atom. The molecule has 0 unspecified atom stereocenters. The molecule has 19 heavy (non-hydrogen) atoms. The Hall–Kier alpha value is -1.73. The van der Waals surface area contributed by atoms with Crippen LogP contribution in [0.2, 0.25) is 0 Å². The van der Waals surface area contributed by atoms with Gasteiger partial charge in [0.15, 0.2) is 11.6 Å². The molecule has 0 aliphatic carbocycles. The minimum absolute atomic E-state index is 0.106. The van der Waals surface area contributed by atoms with Crippen molar-refractivity contribution in [3.8, 4) is 0 Å². The predicted octanol–water partition coefficient (Wildman–Crippen LogP) is 2.08. The molecule has 0 spiro atoms. The quantitative estimate of drug-likeness (QED) is 0.916. The maximum Gasteiger partial charge on any atom is 0.240 e. The van der Waals surface area contributed by atoms with Crippen molar-refractivity contribution in [1.29, 1.82) is 0 Å². The summed E-state index contributed by atoms with van der Waals surface area (Å²) >= 11 is 0. The lowest BCUT2D eigenvalue weighted by Gasteiger charge is -2.06. The molecule has 0 atom stereocenters. The summed E-state index contributed by atoms with van der Waals surface area (Å²) in [6, 6.07) is 5.83. The number of halogens is 2. The Morgan fingerprint density at radius 1 is 1.16 bits per heavy atom.